The Kier molecular flexibility index (Phi) is 5.25. The maximum atomic E-state index is 4.65. The van der Waals surface area contributed by atoms with Crippen molar-refractivity contribution >= 4 is 11.9 Å². The molecule has 0 aromatic rings. The Bertz CT molecular complexity index is 287. The van der Waals surface area contributed by atoms with E-state index in [9.17, 15) is 0 Å². The van der Waals surface area contributed by atoms with Gasteiger partial charge in [0, 0.05) is 40.3 Å². The van der Waals surface area contributed by atoms with E-state index in [1.165, 1.54) is 12.8 Å². The van der Waals surface area contributed by atoms with Crippen LogP contribution in [0.15, 0.2) is 9.98 Å². The lowest BCUT2D eigenvalue weighted by Crippen LogP contribution is -2.47. The molecule has 0 radical (unpaired) electrons. The topological polar surface area (TPSA) is 43.2 Å². The van der Waals surface area contributed by atoms with Crippen LogP contribution in [-0.4, -0.2) is 62.0 Å². The second kappa shape index (κ2) is 6.47. The van der Waals surface area contributed by atoms with Crippen molar-refractivity contribution in [2.45, 2.75) is 32.7 Å². The van der Waals surface area contributed by atoms with E-state index in [0.29, 0.717) is 6.04 Å². The molecule has 0 amide bonds. The minimum absolute atomic E-state index is 0.290. The van der Waals surface area contributed by atoms with E-state index in [1.54, 1.807) is 7.05 Å². The zero-order valence-corrected chi connectivity index (χ0v) is 11.7. The lowest BCUT2D eigenvalue weighted by atomic mass is 10.4. The van der Waals surface area contributed by atoms with Crippen molar-refractivity contribution in [1.29, 1.82) is 0 Å². The van der Waals surface area contributed by atoms with Crippen molar-refractivity contribution in [3.63, 3.8) is 0 Å². The third-order valence-electron chi connectivity index (χ3n) is 2.65. The van der Waals surface area contributed by atoms with Crippen LogP contribution in [0.5, 0.6) is 0 Å². The van der Waals surface area contributed by atoms with Gasteiger partial charge in [0.05, 0.1) is 0 Å². The molecule has 0 spiro atoms. The summed E-state index contributed by atoms with van der Waals surface area (Å²) >= 11 is 0. The van der Waals surface area contributed by atoms with Gasteiger partial charge < -0.3 is 9.80 Å². The van der Waals surface area contributed by atoms with E-state index in [1.807, 2.05) is 19.0 Å². The molecule has 1 heterocycles. The van der Waals surface area contributed by atoms with Crippen LogP contribution >= 0.6 is 0 Å². The highest BCUT2D eigenvalue weighted by Gasteiger charge is 2.18. The molecule has 0 aromatic heterocycles. The molecule has 1 fully saturated rings. The summed E-state index contributed by atoms with van der Waals surface area (Å²) in [4.78, 5) is 13.1. The Hall–Kier alpha value is -1.26. The normalized spacial score (nSPS) is 17.9. The summed E-state index contributed by atoms with van der Waals surface area (Å²) in [5.74, 6) is 1.79. The first kappa shape index (κ1) is 13.8. The van der Waals surface area contributed by atoms with Crippen LogP contribution < -0.4 is 5.32 Å². The molecule has 17 heavy (non-hydrogen) atoms. The van der Waals surface area contributed by atoms with E-state index in [2.05, 4.69) is 34.0 Å². The van der Waals surface area contributed by atoms with Gasteiger partial charge in [0.1, 0.15) is 0 Å². The van der Waals surface area contributed by atoms with E-state index in [0.717, 1.165) is 25.0 Å². The Labute approximate surface area is 105 Å². The largest absolute Gasteiger partial charge is 0.349 e. The van der Waals surface area contributed by atoms with Crippen LogP contribution in [-0.2, 0) is 0 Å². The van der Waals surface area contributed by atoms with E-state index in [-0.39, 0.29) is 0 Å². The number of nitrogens with one attached hydrogen (secondary N) is 1. The van der Waals surface area contributed by atoms with Gasteiger partial charge >= 0.3 is 0 Å². The summed E-state index contributed by atoms with van der Waals surface area (Å²) in [6.45, 7) is 6.36. The maximum absolute atomic E-state index is 4.65. The minimum Gasteiger partial charge on any atom is -0.349 e. The number of guanidine groups is 2. The van der Waals surface area contributed by atoms with Gasteiger partial charge in [-0.1, -0.05) is 0 Å². The first-order valence-corrected chi connectivity index (χ1v) is 6.28. The smallest absolute Gasteiger partial charge is 0.201 e. The fraction of sp³-hybridized carbons (Fsp3) is 0.833. The molecule has 0 bridgehead atoms. The monoisotopic (exact) mass is 239 g/mol. The molecule has 0 atom stereocenters. The molecule has 5 heteroatoms. The van der Waals surface area contributed by atoms with Crippen molar-refractivity contribution in [3.05, 3.63) is 0 Å². The number of aliphatic imine (C=N–C) groups is 2. The van der Waals surface area contributed by atoms with Crippen LogP contribution in [0.1, 0.15) is 26.7 Å². The molecule has 0 saturated carbocycles. The van der Waals surface area contributed by atoms with Gasteiger partial charge in [-0.05, 0) is 26.7 Å². The van der Waals surface area contributed by atoms with Crippen LogP contribution in [0.25, 0.3) is 0 Å². The van der Waals surface area contributed by atoms with Crippen LogP contribution in [0.4, 0.5) is 0 Å². The first-order chi connectivity index (χ1) is 8.04. The number of nitrogens with zero attached hydrogens (tertiary/aromatic N) is 4. The van der Waals surface area contributed by atoms with Crippen LogP contribution in [0.2, 0.25) is 0 Å². The van der Waals surface area contributed by atoms with Gasteiger partial charge in [-0.2, -0.15) is 0 Å². The van der Waals surface area contributed by atoms with E-state index >= 15 is 0 Å². The number of hydrogen-bond acceptors (Lipinski definition) is 2. The Morgan fingerprint density at radius 3 is 2.24 bits per heavy atom. The van der Waals surface area contributed by atoms with Crippen molar-refractivity contribution in [2.24, 2.45) is 9.98 Å². The molecule has 0 aromatic carbocycles. The van der Waals surface area contributed by atoms with Gasteiger partial charge in [-0.3, -0.25) is 10.3 Å². The zero-order valence-electron chi connectivity index (χ0n) is 11.7. The Balaban J connectivity index is 2.76. The zero-order chi connectivity index (χ0) is 12.8. The van der Waals surface area contributed by atoms with Gasteiger partial charge in [0.2, 0.25) is 5.96 Å². The van der Waals surface area contributed by atoms with Crippen molar-refractivity contribution in [1.82, 2.24) is 15.1 Å². The van der Waals surface area contributed by atoms with Crippen molar-refractivity contribution < 1.29 is 0 Å². The van der Waals surface area contributed by atoms with Gasteiger partial charge in [0.25, 0.3) is 0 Å². The molecule has 0 unspecified atom stereocenters. The predicted molar refractivity (Wildman–Crippen MR) is 73.6 cm³/mol. The fourth-order valence-electron chi connectivity index (χ4n) is 1.83. The summed E-state index contributed by atoms with van der Waals surface area (Å²) in [5.41, 5.74) is 0. The Morgan fingerprint density at radius 1 is 1.24 bits per heavy atom. The molecule has 1 rings (SSSR count). The fourth-order valence-corrected chi connectivity index (χ4v) is 1.83. The third-order valence-corrected chi connectivity index (χ3v) is 2.65. The summed E-state index contributed by atoms with van der Waals surface area (Å²) in [7, 11) is 5.75. The minimum atomic E-state index is 0.290. The number of likely N-dealkylation sites (tertiary alicyclic amines) is 1. The summed E-state index contributed by atoms with van der Waals surface area (Å²) < 4.78 is 0. The van der Waals surface area contributed by atoms with Crippen LogP contribution in [0, 0.1) is 0 Å². The van der Waals surface area contributed by atoms with Crippen LogP contribution in [0.3, 0.4) is 0 Å². The average molecular weight is 239 g/mol. The molecule has 98 valence electrons. The second-order valence-corrected chi connectivity index (χ2v) is 4.81. The van der Waals surface area contributed by atoms with Gasteiger partial charge in [0.15, 0.2) is 5.96 Å². The highest BCUT2D eigenvalue weighted by atomic mass is 15.4. The van der Waals surface area contributed by atoms with E-state index < -0.39 is 0 Å². The molecular formula is C12H25N5. The third kappa shape index (κ3) is 4.24. The second-order valence-electron chi connectivity index (χ2n) is 4.81. The standard InChI is InChI=1S/C12H25N5/c1-10(2)14-12(17-8-6-7-9-17)15-11(13-3)16(4)5/h10H,6-9H2,1-5H3,(H,13,14,15). The predicted octanol–water partition coefficient (Wildman–Crippen LogP) is 0.984. The Morgan fingerprint density at radius 2 is 1.82 bits per heavy atom. The SMILES string of the molecule is CN=C(NC(=NC(C)C)N1CCCC1)N(C)C. The van der Waals surface area contributed by atoms with Gasteiger partial charge in [-0.25, -0.2) is 4.99 Å². The lowest BCUT2D eigenvalue weighted by molar-refractivity contribution is 0.493. The number of hydrogen-bond donors (Lipinski definition) is 1. The molecule has 1 saturated heterocycles. The summed E-state index contributed by atoms with van der Waals surface area (Å²) in [5, 5.41) is 3.33. The van der Waals surface area contributed by atoms with Crippen molar-refractivity contribution in [3.8, 4) is 0 Å². The summed E-state index contributed by atoms with van der Waals surface area (Å²) in [6, 6.07) is 0.290. The van der Waals surface area contributed by atoms with Gasteiger partial charge in [-0.15, -0.1) is 0 Å². The van der Waals surface area contributed by atoms with E-state index in [4.69, 9.17) is 0 Å². The molecule has 5 nitrogen and oxygen atoms in total. The number of rotatable bonds is 1. The molecular weight excluding hydrogens is 214 g/mol. The molecule has 0 aliphatic carbocycles. The van der Waals surface area contributed by atoms with Crippen molar-refractivity contribution in [2.75, 3.05) is 34.2 Å². The quantitative estimate of drug-likeness (QED) is 0.548. The summed E-state index contributed by atoms with van der Waals surface area (Å²) in [6.07, 6.45) is 2.50. The molecule has 1 aliphatic rings. The first-order valence-electron chi connectivity index (χ1n) is 6.28. The maximum Gasteiger partial charge on any atom is 0.201 e. The lowest BCUT2D eigenvalue weighted by Gasteiger charge is -2.25. The molecule has 1 aliphatic heterocycles. The highest BCUT2D eigenvalue weighted by molar-refractivity contribution is 5.98. The highest BCUT2D eigenvalue weighted by Crippen LogP contribution is 2.08. The average Bonchev–Trinajstić information content (AvgIpc) is 2.76. The molecule has 1 N–H and O–H groups in total.